The van der Waals surface area contributed by atoms with E-state index in [0.29, 0.717) is 20.7 Å². The molecule has 4 nitrogen and oxygen atoms in total. The first-order valence-electron chi connectivity index (χ1n) is 5.23. The van der Waals surface area contributed by atoms with E-state index < -0.39 is 0 Å². The maximum atomic E-state index is 12.0. The second-order valence-corrected chi connectivity index (χ2v) is 4.86. The number of nitrogens with one attached hydrogen (secondary N) is 1. The van der Waals surface area contributed by atoms with Gasteiger partial charge < -0.3 is 5.32 Å². The number of nitriles is 1. The lowest BCUT2D eigenvalue weighted by molar-refractivity contribution is 0.102. The summed E-state index contributed by atoms with van der Waals surface area (Å²) in [7, 11) is 0. The molecule has 0 aliphatic carbocycles. The molecule has 1 heterocycles. The number of carbonyl (C=O) groups is 1. The monoisotopic (exact) mass is 335 g/mol. The quantitative estimate of drug-likeness (QED) is 0.911. The lowest BCUT2D eigenvalue weighted by atomic mass is 10.2. The number of aromatic nitrogens is 1. The summed E-state index contributed by atoms with van der Waals surface area (Å²) in [4.78, 5) is 16.0. The highest BCUT2D eigenvalue weighted by atomic mass is 79.9. The van der Waals surface area contributed by atoms with Crippen LogP contribution in [0.5, 0.6) is 0 Å². The van der Waals surface area contributed by atoms with Crippen molar-refractivity contribution in [1.82, 2.24) is 4.98 Å². The molecule has 6 heteroatoms. The highest BCUT2D eigenvalue weighted by molar-refractivity contribution is 9.10. The Morgan fingerprint density at radius 1 is 1.42 bits per heavy atom. The Morgan fingerprint density at radius 3 is 2.84 bits per heavy atom. The summed E-state index contributed by atoms with van der Waals surface area (Å²) in [6.07, 6.45) is 1.53. The molecule has 2 aromatic rings. The summed E-state index contributed by atoms with van der Waals surface area (Å²) in [6, 6.07) is 10.1. The number of carbonyl (C=O) groups excluding carboxylic acids is 1. The van der Waals surface area contributed by atoms with Crippen molar-refractivity contribution < 1.29 is 4.79 Å². The standard InChI is InChI=1S/C13H7BrClN3O/c14-9-2-1-5-17-12(9)13(19)18-11-4-3-8(7-16)6-10(11)15/h1-6H,(H,18,19). The van der Waals surface area contributed by atoms with Gasteiger partial charge in [-0.15, -0.1) is 0 Å². The van der Waals surface area contributed by atoms with Crippen LogP contribution in [0.25, 0.3) is 0 Å². The Kier molecular flexibility index (Phi) is 4.15. The third kappa shape index (κ3) is 3.11. The molecule has 0 fully saturated rings. The van der Waals surface area contributed by atoms with Gasteiger partial charge in [-0.05, 0) is 46.3 Å². The second-order valence-electron chi connectivity index (χ2n) is 3.59. The fraction of sp³-hybridized carbons (Fsp3) is 0. The molecule has 1 N–H and O–H groups in total. The second kappa shape index (κ2) is 5.83. The van der Waals surface area contributed by atoms with Gasteiger partial charge in [0.2, 0.25) is 0 Å². The van der Waals surface area contributed by atoms with Gasteiger partial charge in [-0.25, -0.2) is 4.98 Å². The maximum Gasteiger partial charge on any atom is 0.275 e. The zero-order valence-electron chi connectivity index (χ0n) is 9.52. The summed E-state index contributed by atoms with van der Waals surface area (Å²) >= 11 is 9.23. The zero-order valence-corrected chi connectivity index (χ0v) is 11.9. The molecular weight excluding hydrogens is 330 g/mol. The minimum Gasteiger partial charge on any atom is -0.319 e. The van der Waals surface area contributed by atoms with Crippen molar-refractivity contribution in [3.05, 3.63) is 57.3 Å². The van der Waals surface area contributed by atoms with Crippen molar-refractivity contribution in [2.24, 2.45) is 0 Å². The Labute approximate surface area is 123 Å². The minimum absolute atomic E-state index is 0.267. The first kappa shape index (κ1) is 13.5. The predicted molar refractivity (Wildman–Crippen MR) is 76.1 cm³/mol. The Hall–Kier alpha value is -1.90. The predicted octanol–water partition coefficient (Wildman–Crippen LogP) is 3.62. The molecule has 0 atom stereocenters. The van der Waals surface area contributed by atoms with Gasteiger partial charge in [-0.1, -0.05) is 11.6 Å². The summed E-state index contributed by atoms with van der Waals surface area (Å²) in [5.41, 5.74) is 1.13. The normalized spacial score (nSPS) is 9.74. The van der Waals surface area contributed by atoms with Crippen LogP contribution in [0.4, 0.5) is 5.69 Å². The average molecular weight is 337 g/mol. The molecule has 0 unspecified atom stereocenters. The molecule has 0 bridgehead atoms. The highest BCUT2D eigenvalue weighted by Gasteiger charge is 2.13. The number of halogens is 2. The number of pyridine rings is 1. The summed E-state index contributed by atoms with van der Waals surface area (Å²) in [5, 5.41) is 11.7. The van der Waals surface area contributed by atoms with Crippen LogP contribution in [-0.2, 0) is 0 Å². The molecule has 2 rings (SSSR count). The van der Waals surface area contributed by atoms with Gasteiger partial charge in [0.05, 0.1) is 22.3 Å². The number of nitrogens with zero attached hydrogens (tertiary/aromatic N) is 2. The zero-order chi connectivity index (χ0) is 13.8. The molecule has 19 heavy (non-hydrogen) atoms. The number of amides is 1. The molecule has 1 aromatic carbocycles. The topological polar surface area (TPSA) is 65.8 Å². The lowest BCUT2D eigenvalue weighted by Gasteiger charge is -2.07. The fourth-order valence-electron chi connectivity index (χ4n) is 1.42. The van der Waals surface area contributed by atoms with Crippen molar-refractivity contribution in [1.29, 1.82) is 5.26 Å². The number of anilines is 1. The highest BCUT2D eigenvalue weighted by Crippen LogP contribution is 2.24. The van der Waals surface area contributed by atoms with Crippen molar-refractivity contribution in [2.45, 2.75) is 0 Å². The van der Waals surface area contributed by atoms with E-state index in [2.05, 4.69) is 26.2 Å². The van der Waals surface area contributed by atoms with Crippen LogP contribution in [0.1, 0.15) is 16.1 Å². The smallest absolute Gasteiger partial charge is 0.275 e. The van der Waals surface area contributed by atoms with Crippen LogP contribution in [0.2, 0.25) is 5.02 Å². The van der Waals surface area contributed by atoms with E-state index in [1.54, 1.807) is 24.3 Å². The summed E-state index contributed by atoms with van der Waals surface area (Å²) < 4.78 is 0.595. The summed E-state index contributed by atoms with van der Waals surface area (Å²) in [5.74, 6) is -0.376. The van der Waals surface area contributed by atoms with Gasteiger partial charge in [0.25, 0.3) is 5.91 Å². The molecule has 1 aromatic heterocycles. The largest absolute Gasteiger partial charge is 0.319 e. The van der Waals surface area contributed by atoms with Crippen LogP contribution in [-0.4, -0.2) is 10.9 Å². The van der Waals surface area contributed by atoms with E-state index in [9.17, 15) is 4.79 Å². The van der Waals surface area contributed by atoms with Gasteiger partial charge in [0.1, 0.15) is 5.69 Å². The van der Waals surface area contributed by atoms with Crippen LogP contribution < -0.4 is 5.32 Å². The molecule has 0 aliphatic rings. The third-order valence-corrected chi connectivity index (χ3v) is 3.27. The third-order valence-electron chi connectivity index (χ3n) is 2.32. The number of hydrogen-bond donors (Lipinski definition) is 1. The van der Waals surface area contributed by atoms with Gasteiger partial charge in [-0.3, -0.25) is 4.79 Å². The molecule has 0 spiro atoms. The Balaban J connectivity index is 2.25. The van der Waals surface area contributed by atoms with Gasteiger partial charge in [0.15, 0.2) is 0 Å². The van der Waals surface area contributed by atoms with Crippen LogP contribution >= 0.6 is 27.5 Å². The van der Waals surface area contributed by atoms with E-state index in [0.717, 1.165) is 0 Å². The number of hydrogen-bond acceptors (Lipinski definition) is 3. The first-order valence-corrected chi connectivity index (χ1v) is 6.40. The van der Waals surface area contributed by atoms with E-state index >= 15 is 0 Å². The first-order chi connectivity index (χ1) is 9.11. The number of benzene rings is 1. The molecular formula is C13H7BrClN3O. The van der Waals surface area contributed by atoms with E-state index in [-0.39, 0.29) is 11.6 Å². The molecule has 0 saturated carbocycles. The summed E-state index contributed by atoms with van der Waals surface area (Å²) in [6.45, 7) is 0. The molecule has 0 saturated heterocycles. The molecule has 1 amide bonds. The van der Waals surface area contributed by atoms with Crippen LogP contribution in [0.3, 0.4) is 0 Å². The van der Waals surface area contributed by atoms with Crippen LogP contribution in [0.15, 0.2) is 41.0 Å². The van der Waals surface area contributed by atoms with E-state index in [1.165, 1.54) is 12.3 Å². The maximum absolute atomic E-state index is 12.0. The molecule has 94 valence electrons. The van der Waals surface area contributed by atoms with Gasteiger partial charge >= 0.3 is 0 Å². The van der Waals surface area contributed by atoms with Crippen molar-refractivity contribution in [3.63, 3.8) is 0 Å². The van der Waals surface area contributed by atoms with Gasteiger partial charge in [-0.2, -0.15) is 5.26 Å². The van der Waals surface area contributed by atoms with Crippen LogP contribution in [0, 0.1) is 11.3 Å². The van der Waals surface area contributed by atoms with Crippen molar-refractivity contribution in [2.75, 3.05) is 5.32 Å². The minimum atomic E-state index is -0.376. The lowest BCUT2D eigenvalue weighted by Crippen LogP contribution is -2.14. The van der Waals surface area contributed by atoms with Crippen molar-refractivity contribution in [3.8, 4) is 6.07 Å². The molecule has 0 radical (unpaired) electrons. The Bertz CT molecular complexity index is 682. The molecule has 0 aliphatic heterocycles. The SMILES string of the molecule is N#Cc1ccc(NC(=O)c2ncccc2Br)c(Cl)c1. The van der Waals surface area contributed by atoms with E-state index in [1.807, 2.05) is 6.07 Å². The van der Waals surface area contributed by atoms with Gasteiger partial charge in [0, 0.05) is 10.7 Å². The van der Waals surface area contributed by atoms with E-state index in [4.69, 9.17) is 16.9 Å². The average Bonchev–Trinajstić information content (AvgIpc) is 2.41. The Morgan fingerprint density at radius 2 is 2.21 bits per heavy atom. The number of rotatable bonds is 2. The van der Waals surface area contributed by atoms with Crippen molar-refractivity contribution >= 4 is 39.1 Å². The fourth-order valence-corrected chi connectivity index (χ4v) is 2.08.